The van der Waals surface area contributed by atoms with Gasteiger partial charge in [-0.05, 0) is 19.6 Å². The Morgan fingerprint density at radius 1 is 1.55 bits per heavy atom. The highest BCUT2D eigenvalue weighted by molar-refractivity contribution is 7.98. The van der Waals surface area contributed by atoms with Crippen LogP contribution in [-0.2, 0) is 0 Å². The minimum Gasteiger partial charge on any atom is -0.303 e. The van der Waals surface area contributed by atoms with Crippen LogP contribution in [0, 0.1) is 11.8 Å². The van der Waals surface area contributed by atoms with Crippen LogP contribution in [0.5, 0.6) is 0 Å². The van der Waals surface area contributed by atoms with Gasteiger partial charge in [0.15, 0.2) is 0 Å². The fraction of sp³-hybridized carbons (Fsp3) is 0.778. The zero-order valence-corrected chi connectivity index (χ0v) is 8.42. The lowest BCUT2D eigenvalue weighted by Crippen LogP contribution is -2.30. The summed E-state index contributed by atoms with van der Waals surface area (Å²) in [7, 11) is 0. The van der Waals surface area contributed by atoms with Gasteiger partial charge < -0.3 is 5.32 Å². The van der Waals surface area contributed by atoms with Crippen molar-refractivity contribution in [3.05, 3.63) is 0 Å². The van der Waals surface area contributed by atoms with Gasteiger partial charge in [0.05, 0.1) is 6.54 Å². The molecule has 0 bridgehead atoms. The predicted octanol–water partition coefficient (Wildman–Crippen LogP) is 1.74. The lowest BCUT2D eigenvalue weighted by Gasteiger charge is -2.12. The number of hydrogen-bond acceptors (Lipinski definition) is 2. The van der Waals surface area contributed by atoms with E-state index >= 15 is 0 Å². The topological polar surface area (TPSA) is 12.0 Å². The highest BCUT2D eigenvalue weighted by atomic mass is 32.2. The van der Waals surface area contributed by atoms with Crippen molar-refractivity contribution in [3.8, 4) is 11.8 Å². The highest BCUT2D eigenvalue weighted by Crippen LogP contribution is 1.99. The van der Waals surface area contributed by atoms with Crippen LogP contribution >= 0.6 is 11.8 Å². The van der Waals surface area contributed by atoms with Crippen molar-refractivity contribution in [2.45, 2.75) is 26.3 Å². The molecule has 0 heterocycles. The molecule has 1 N–H and O–H groups in total. The minimum absolute atomic E-state index is 0.630. The van der Waals surface area contributed by atoms with Crippen LogP contribution in [0.1, 0.15) is 20.3 Å². The zero-order valence-electron chi connectivity index (χ0n) is 7.61. The largest absolute Gasteiger partial charge is 0.303 e. The molecule has 0 spiro atoms. The van der Waals surface area contributed by atoms with E-state index < -0.39 is 0 Å². The van der Waals surface area contributed by atoms with Gasteiger partial charge in [-0.2, -0.15) is 11.8 Å². The van der Waals surface area contributed by atoms with E-state index in [1.807, 2.05) is 18.7 Å². The third-order valence-electron chi connectivity index (χ3n) is 1.52. The minimum atomic E-state index is 0.630. The van der Waals surface area contributed by atoms with Crippen molar-refractivity contribution in [1.82, 2.24) is 5.32 Å². The number of hydrogen-bond donors (Lipinski definition) is 1. The third kappa shape index (κ3) is 6.28. The summed E-state index contributed by atoms with van der Waals surface area (Å²) in [5.41, 5.74) is 0. The first-order valence-corrected chi connectivity index (χ1v) is 5.36. The van der Waals surface area contributed by atoms with Crippen molar-refractivity contribution in [2.24, 2.45) is 0 Å². The summed E-state index contributed by atoms with van der Waals surface area (Å²) in [6.07, 6.45) is 3.32. The van der Waals surface area contributed by atoms with Crippen LogP contribution < -0.4 is 5.32 Å². The smallest absolute Gasteiger partial charge is 0.0578 e. The molecule has 0 aliphatic heterocycles. The fourth-order valence-corrected chi connectivity index (χ4v) is 1.56. The molecule has 0 rings (SSSR count). The molecule has 0 aliphatic carbocycles. The Balaban J connectivity index is 3.40. The third-order valence-corrected chi connectivity index (χ3v) is 2.25. The van der Waals surface area contributed by atoms with Crippen LogP contribution in [-0.4, -0.2) is 24.6 Å². The molecule has 0 aromatic carbocycles. The molecule has 0 aromatic rings. The van der Waals surface area contributed by atoms with Gasteiger partial charge in [-0.3, -0.25) is 0 Å². The molecule has 2 heteroatoms. The summed E-state index contributed by atoms with van der Waals surface area (Å²) in [6, 6.07) is 0.630. The second-order valence-electron chi connectivity index (χ2n) is 2.37. The van der Waals surface area contributed by atoms with E-state index in [1.165, 1.54) is 12.2 Å². The lowest BCUT2D eigenvalue weighted by molar-refractivity contribution is 0.580. The summed E-state index contributed by atoms with van der Waals surface area (Å²) in [4.78, 5) is 0. The molecular weight excluding hydrogens is 154 g/mol. The first-order chi connectivity index (χ1) is 5.35. The van der Waals surface area contributed by atoms with E-state index in [0.29, 0.717) is 6.04 Å². The van der Waals surface area contributed by atoms with Gasteiger partial charge in [0, 0.05) is 11.8 Å². The molecule has 0 aromatic heterocycles. The average molecular weight is 171 g/mol. The van der Waals surface area contributed by atoms with E-state index in [4.69, 9.17) is 0 Å². The molecule has 1 atom stereocenters. The Morgan fingerprint density at radius 2 is 2.27 bits per heavy atom. The highest BCUT2D eigenvalue weighted by Gasteiger charge is 2.01. The SMILES string of the molecule is CC#CCNC(CC)CSC. The van der Waals surface area contributed by atoms with Crippen LogP contribution in [0.2, 0.25) is 0 Å². The number of thioether (sulfide) groups is 1. The molecule has 1 nitrogen and oxygen atoms in total. The first kappa shape index (κ1) is 10.9. The first-order valence-electron chi connectivity index (χ1n) is 3.97. The van der Waals surface area contributed by atoms with Crippen LogP contribution in [0.15, 0.2) is 0 Å². The molecule has 0 saturated carbocycles. The van der Waals surface area contributed by atoms with Gasteiger partial charge in [-0.1, -0.05) is 12.8 Å². The van der Waals surface area contributed by atoms with Crippen molar-refractivity contribution >= 4 is 11.8 Å². The Morgan fingerprint density at radius 3 is 2.73 bits per heavy atom. The van der Waals surface area contributed by atoms with E-state index in [9.17, 15) is 0 Å². The van der Waals surface area contributed by atoms with Gasteiger partial charge in [0.1, 0.15) is 0 Å². The number of rotatable bonds is 5. The predicted molar refractivity (Wildman–Crippen MR) is 53.9 cm³/mol. The van der Waals surface area contributed by atoms with Crippen LogP contribution in [0.3, 0.4) is 0 Å². The Labute approximate surface area is 74.3 Å². The standard InChI is InChI=1S/C9H17NS/c1-4-6-7-10-9(5-2)8-11-3/h9-10H,5,7-8H2,1-3H3. The van der Waals surface area contributed by atoms with Crippen molar-refractivity contribution in [2.75, 3.05) is 18.6 Å². The van der Waals surface area contributed by atoms with Gasteiger partial charge in [0.25, 0.3) is 0 Å². The van der Waals surface area contributed by atoms with Crippen molar-refractivity contribution < 1.29 is 0 Å². The zero-order chi connectivity index (χ0) is 8.53. The fourth-order valence-electron chi connectivity index (χ4n) is 0.806. The molecule has 0 radical (unpaired) electrons. The number of nitrogens with one attached hydrogen (secondary N) is 1. The van der Waals surface area contributed by atoms with E-state index in [1.54, 1.807) is 0 Å². The Kier molecular flexibility index (Phi) is 7.88. The molecule has 0 fully saturated rings. The quantitative estimate of drug-likeness (QED) is 0.632. The molecule has 11 heavy (non-hydrogen) atoms. The summed E-state index contributed by atoms with van der Waals surface area (Å²) >= 11 is 1.88. The Hall–Kier alpha value is -0.130. The maximum atomic E-state index is 3.38. The summed E-state index contributed by atoms with van der Waals surface area (Å²) in [5, 5.41) is 3.38. The van der Waals surface area contributed by atoms with Gasteiger partial charge >= 0.3 is 0 Å². The summed E-state index contributed by atoms with van der Waals surface area (Å²) in [5.74, 6) is 7.05. The van der Waals surface area contributed by atoms with E-state index in [0.717, 1.165) is 6.54 Å². The molecule has 0 amide bonds. The maximum absolute atomic E-state index is 3.38. The molecular formula is C9H17NS. The molecule has 0 saturated heterocycles. The van der Waals surface area contributed by atoms with Crippen LogP contribution in [0.25, 0.3) is 0 Å². The summed E-state index contributed by atoms with van der Waals surface area (Å²) < 4.78 is 0. The second-order valence-corrected chi connectivity index (χ2v) is 3.28. The summed E-state index contributed by atoms with van der Waals surface area (Å²) in [6.45, 7) is 4.90. The van der Waals surface area contributed by atoms with Crippen molar-refractivity contribution in [3.63, 3.8) is 0 Å². The maximum Gasteiger partial charge on any atom is 0.0578 e. The average Bonchev–Trinajstić information content (AvgIpc) is 2.03. The Bertz CT molecular complexity index is 134. The van der Waals surface area contributed by atoms with Gasteiger partial charge in [-0.15, -0.1) is 5.92 Å². The molecule has 64 valence electrons. The molecule has 1 unspecified atom stereocenters. The van der Waals surface area contributed by atoms with Gasteiger partial charge in [-0.25, -0.2) is 0 Å². The lowest BCUT2D eigenvalue weighted by atomic mass is 10.2. The molecule has 0 aliphatic rings. The van der Waals surface area contributed by atoms with E-state index in [2.05, 4.69) is 30.3 Å². The van der Waals surface area contributed by atoms with E-state index in [-0.39, 0.29) is 0 Å². The van der Waals surface area contributed by atoms with Gasteiger partial charge in [0.2, 0.25) is 0 Å². The van der Waals surface area contributed by atoms with Crippen molar-refractivity contribution in [1.29, 1.82) is 0 Å². The van der Waals surface area contributed by atoms with Crippen LogP contribution in [0.4, 0.5) is 0 Å². The second kappa shape index (κ2) is 7.97. The monoisotopic (exact) mass is 171 g/mol. The normalized spacial score (nSPS) is 11.9.